The molecule has 0 heterocycles. The van der Waals surface area contributed by atoms with Gasteiger partial charge in [0.15, 0.2) is 0 Å². The first-order valence-corrected chi connectivity index (χ1v) is 7.86. The number of amides is 1. The standard InChI is InChI=1S/C16H35N3O/c1-12(2)11-14(5)19(7)10-8-9-16(6,15(17)20)18-13(3)4/h12-14,18H,8-11H2,1-7H3,(H2,17,20). The van der Waals surface area contributed by atoms with Gasteiger partial charge in [-0.05, 0) is 66.5 Å². The second kappa shape index (κ2) is 8.63. The largest absolute Gasteiger partial charge is 0.368 e. The number of hydrogen-bond acceptors (Lipinski definition) is 3. The number of rotatable bonds is 10. The van der Waals surface area contributed by atoms with Crippen LogP contribution < -0.4 is 11.1 Å². The first-order chi connectivity index (χ1) is 9.08. The molecule has 3 N–H and O–H groups in total. The van der Waals surface area contributed by atoms with Gasteiger partial charge in [0.25, 0.3) is 0 Å². The van der Waals surface area contributed by atoms with Crippen LogP contribution in [0.15, 0.2) is 0 Å². The van der Waals surface area contributed by atoms with Gasteiger partial charge in [0.2, 0.25) is 5.91 Å². The maximum atomic E-state index is 11.7. The topological polar surface area (TPSA) is 58.4 Å². The molecule has 0 fully saturated rings. The molecule has 0 saturated heterocycles. The molecule has 0 spiro atoms. The predicted octanol–water partition coefficient (Wildman–Crippen LogP) is 2.37. The third kappa shape index (κ3) is 7.25. The second-order valence-electron chi connectivity index (χ2n) is 7.06. The molecule has 0 aromatic heterocycles. The lowest BCUT2D eigenvalue weighted by Crippen LogP contribution is -2.55. The van der Waals surface area contributed by atoms with Gasteiger partial charge in [0.05, 0.1) is 5.54 Å². The summed E-state index contributed by atoms with van der Waals surface area (Å²) in [7, 11) is 2.16. The normalized spacial score (nSPS) is 16.7. The van der Waals surface area contributed by atoms with E-state index in [0.29, 0.717) is 12.0 Å². The molecule has 4 heteroatoms. The number of nitrogens with one attached hydrogen (secondary N) is 1. The summed E-state index contributed by atoms with van der Waals surface area (Å²) in [6, 6.07) is 0.831. The van der Waals surface area contributed by atoms with E-state index < -0.39 is 5.54 Å². The predicted molar refractivity (Wildman–Crippen MR) is 86.7 cm³/mol. The molecule has 4 nitrogen and oxygen atoms in total. The molecule has 2 unspecified atom stereocenters. The molecule has 0 aromatic rings. The third-order valence-electron chi connectivity index (χ3n) is 3.90. The summed E-state index contributed by atoms with van der Waals surface area (Å²) in [6.45, 7) is 13.8. The summed E-state index contributed by atoms with van der Waals surface area (Å²) >= 11 is 0. The van der Waals surface area contributed by atoms with Crippen LogP contribution >= 0.6 is 0 Å². The quantitative estimate of drug-likeness (QED) is 0.648. The molecule has 0 saturated carbocycles. The minimum atomic E-state index is -0.601. The van der Waals surface area contributed by atoms with Crippen LogP contribution in [0.4, 0.5) is 0 Å². The Kier molecular flexibility index (Phi) is 8.36. The lowest BCUT2D eigenvalue weighted by Gasteiger charge is -2.32. The van der Waals surface area contributed by atoms with Gasteiger partial charge in [-0.15, -0.1) is 0 Å². The number of carbonyl (C=O) groups is 1. The molecular formula is C16H35N3O. The second-order valence-corrected chi connectivity index (χ2v) is 7.06. The molecule has 0 aliphatic rings. The van der Waals surface area contributed by atoms with Crippen molar-refractivity contribution >= 4 is 5.91 Å². The van der Waals surface area contributed by atoms with Crippen molar-refractivity contribution in [2.24, 2.45) is 11.7 Å². The van der Waals surface area contributed by atoms with Gasteiger partial charge in [-0.3, -0.25) is 4.79 Å². The summed E-state index contributed by atoms with van der Waals surface area (Å²) in [5, 5.41) is 3.30. The van der Waals surface area contributed by atoms with Crippen molar-refractivity contribution in [3.05, 3.63) is 0 Å². The van der Waals surface area contributed by atoms with Crippen LogP contribution in [0.3, 0.4) is 0 Å². The SMILES string of the molecule is CC(C)CC(C)N(C)CCCC(C)(NC(C)C)C(N)=O. The maximum Gasteiger partial charge on any atom is 0.237 e. The van der Waals surface area contributed by atoms with Crippen molar-refractivity contribution in [2.75, 3.05) is 13.6 Å². The van der Waals surface area contributed by atoms with Gasteiger partial charge in [-0.25, -0.2) is 0 Å². The highest BCUT2D eigenvalue weighted by Gasteiger charge is 2.30. The molecule has 2 atom stereocenters. The fourth-order valence-corrected chi connectivity index (χ4v) is 2.67. The van der Waals surface area contributed by atoms with Crippen LogP contribution in [0.25, 0.3) is 0 Å². The minimum absolute atomic E-state index is 0.255. The van der Waals surface area contributed by atoms with Crippen molar-refractivity contribution in [1.82, 2.24) is 10.2 Å². The van der Waals surface area contributed by atoms with E-state index in [0.717, 1.165) is 19.4 Å². The first-order valence-electron chi connectivity index (χ1n) is 7.86. The van der Waals surface area contributed by atoms with E-state index in [2.05, 4.69) is 38.0 Å². The van der Waals surface area contributed by atoms with Gasteiger partial charge in [0.1, 0.15) is 0 Å². The lowest BCUT2D eigenvalue weighted by atomic mass is 9.93. The summed E-state index contributed by atoms with van der Waals surface area (Å²) in [6.07, 6.45) is 2.95. The molecular weight excluding hydrogens is 250 g/mol. The van der Waals surface area contributed by atoms with E-state index in [1.165, 1.54) is 6.42 Å². The Balaban J connectivity index is 4.27. The van der Waals surface area contributed by atoms with Crippen LogP contribution in [0.2, 0.25) is 0 Å². The van der Waals surface area contributed by atoms with E-state index in [9.17, 15) is 4.79 Å². The minimum Gasteiger partial charge on any atom is -0.368 e. The average Bonchev–Trinajstić information content (AvgIpc) is 2.26. The summed E-state index contributed by atoms with van der Waals surface area (Å²) in [5.41, 5.74) is 4.95. The Morgan fingerprint density at radius 1 is 1.25 bits per heavy atom. The first kappa shape index (κ1) is 19.4. The van der Waals surface area contributed by atoms with E-state index in [1.807, 2.05) is 20.8 Å². The van der Waals surface area contributed by atoms with Crippen molar-refractivity contribution < 1.29 is 4.79 Å². The van der Waals surface area contributed by atoms with Gasteiger partial charge in [-0.1, -0.05) is 13.8 Å². The number of primary amides is 1. The van der Waals surface area contributed by atoms with Gasteiger partial charge < -0.3 is 16.0 Å². The summed E-state index contributed by atoms with van der Waals surface area (Å²) < 4.78 is 0. The zero-order chi connectivity index (χ0) is 15.9. The smallest absolute Gasteiger partial charge is 0.237 e. The molecule has 0 bridgehead atoms. The monoisotopic (exact) mass is 285 g/mol. The molecule has 0 aliphatic carbocycles. The van der Waals surface area contributed by atoms with Gasteiger partial charge in [-0.2, -0.15) is 0 Å². The van der Waals surface area contributed by atoms with Crippen LogP contribution in [0.5, 0.6) is 0 Å². The number of carbonyl (C=O) groups excluding carboxylic acids is 1. The Hall–Kier alpha value is -0.610. The Labute approximate surface area is 125 Å². The lowest BCUT2D eigenvalue weighted by molar-refractivity contribution is -0.124. The van der Waals surface area contributed by atoms with Gasteiger partial charge in [0, 0.05) is 12.1 Å². The molecule has 0 aromatic carbocycles. The van der Waals surface area contributed by atoms with Crippen molar-refractivity contribution in [1.29, 1.82) is 0 Å². The third-order valence-corrected chi connectivity index (χ3v) is 3.90. The fourth-order valence-electron chi connectivity index (χ4n) is 2.67. The number of hydrogen-bond donors (Lipinski definition) is 2. The van der Waals surface area contributed by atoms with E-state index in [1.54, 1.807) is 0 Å². The van der Waals surface area contributed by atoms with E-state index >= 15 is 0 Å². The number of nitrogens with two attached hydrogens (primary N) is 1. The highest BCUT2D eigenvalue weighted by atomic mass is 16.1. The van der Waals surface area contributed by atoms with Crippen LogP contribution in [0.1, 0.15) is 60.8 Å². The van der Waals surface area contributed by atoms with E-state index in [-0.39, 0.29) is 11.9 Å². The number of nitrogens with zero attached hydrogens (tertiary/aromatic N) is 1. The summed E-state index contributed by atoms with van der Waals surface area (Å²) in [4.78, 5) is 14.0. The Bertz CT molecular complexity index is 291. The van der Waals surface area contributed by atoms with Crippen molar-refractivity contribution in [3.8, 4) is 0 Å². The van der Waals surface area contributed by atoms with Crippen LogP contribution in [0, 0.1) is 5.92 Å². The molecule has 0 radical (unpaired) electrons. The molecule has 0 aliphatic heterocycles. The highest BCUT2D eigenvalue weighted by Crippen LogP contribution is 2.15. The average molecular weight is 285 g/mol. The zero-order valence-electron chi connectivity index (χ0n) is 14.5. The molecule has 120 valence electrons. The van der Waals surface area contributed by atoms with Gasteiger partial charge >= 0.3 is 0 Å². The van der Waals surface area contributed by atoms with Crippen molar-refractivity contribution in [3.63, 3.8) is 0 Å². The summed E-state index contributed by atoms with van der Waals surface area (Å²) in [5.74, 6) is 0.454. The molecule has 1 amide bonds. The molecule has 0 rings (SSSR count). The Morgan fingerprint density at radius 2 is 1.80 bits per heavy atom. The van der Waals surface area contributed by atoms with Crippen LogP contribution in [-0.4, -0.2) is 42.0 Å². The van der Waals surface area contributed by atoms with Crippen molar-refractivity contribution in [2.45, 2.75) is 78.4 Å². The highest BCUT2D eigenvalue weighted by molar-refractivity contribution is 5.84. The maximum absolute atomic E-state index is 11.7. The Morgan fingerprint density at radius 3 is 2.20 bits per heavy atom. The molecule has 20 heavy (non-hydrogen) atoms. The van der Waals surface area contributed by atoms with Crippen LogP contribution in [-0.2, 0) is 4.79 Å². The fraction of sp³-hybridized carbons (Fsp3) is 0.938. The zero-order valence-corrected chi connectivity index (χ0v) is 14.5. The van der Waals surface area contributed by atoms with E-state index in [4.69, 9.17) is 5.73 Å².